The van der Waals surface area contributed by atoms with Crippen molar-refractivity contribution in [1.82, 2.24) is 9.88 Å². The summed E-state index contributed by atoms with van der Waals surface area (Å²) in [6.07, 6.45) is 1.20. The number of benzene rings is 1. The highest BCUT2D eigenvalue weighted by Gasteiger charge is 2.24. The van der Waals surface area contributed by atoms with Crippen LogP contribution in [0, 0.1) is 6.92 Å². The van der Waals surface area contributed by atoms with E-state index < -0.39 is 11.9 Å². The van der Waals surface area contributed by atoms with Crippen LogP contribution in [0.2, 0.25) is 0 Å². The topological polar surface area (TPSA) is 115 Å². The number of aromatic carboxylic acids is 1. The van der Waals surface area contributed by atoms with E-state index in [4.69, 9.17) is 23.4 Å². The summed E-state index contributed by atoms with van der Waals surface area (Å²) in [6.45, 7) is 2.58. The number of aromatic nitrogens is 1. The largest absolute Gasteiger partial charge is 0.486 e. The highest BCUT2D eigenvalue weighted by Crippen LogP contribution is 2.35. The number of ether oxygens (including phenoxy) is 2. The van der Waals surface area contributed by atoms with Crippen LogP contribution in [0.1, 0.15) is 32.4 Å². The Bertz CT molecular complexity index is 1080. The van der Waals surface area contributed by atoms with Crippen molar-refractivity contribution in [3.05, 3.63) is 53.4 Å². The van der Waals surface area contributed by atoms with Crippen molar-refractivity contribution in [3.63, 3.8) is 0 Å². The van der Waals surface area contributed by atoms with Gasteiger partial charge in [0.15, 0.2) is 29.3 Å². The summed E-state index contributed by atoms with van der Waals surface area (Å²) in [5.74, 6) is 0.682. The first-order chi connectivity index (χ1) is 13.9. The van der Waals surface area contributed by atoms with Crippen LogP contribution in [0.5, 0.6) is 11.5 Å². The Hall–Kier alpha value is -3.75. The van der Waals surface area contributed by atoms with Crippen molar-refractivity contribution in [1.29, 1.82) is 0 Å². The molecule has 1 aliphatic heterocycles. The van der Waals surface area contributed by atoms with Crippen LogP contribution in [0.15, 0.2) is 39.5 Å². The quantitative estimate of drug-likeness (QED) is 0.697. The van der Waals surface area contributed by atoms with Gasteiger partial charge in [-0.1, -0.05) is 0 Å². The second-order valence-corrected chi connectivity index (χ2v) is 6.54. The fraction of sp³-hybridized carbons (Fsp3) is 0.250. The lowest BCUT2D eigenvalue weighted by Gasteiger charge is -2.19. The standard InChI is InChI=1S/C20H18N2O7/c1-11-14(20(24)25)8-13(29-11)9-22(2)19(23)17-18(28-10-21-17)12-3-4-15-16(7-12)27-6-5-26-15/h3-4,7-8,10H,5-6,9H2,1-2H3,(H,24,25). The van der Waals surface area contributed by atoms with Gasteiger partial charge in [-0.05, 0) is 31.2 Å². The van der Waals surface area contributed by atoms with Crippen LogP contribution in [-0.2, 0) is 6.54 Å². The van der Waals surface area contributed by atoms with Gasteiger partial charge >= 0.3 is 5.97 Å². The lowest BCUT2D eigenvalue weighted by Crippen LogP contribution is -2.26. The van der Waals surface area contributed by atoms with Gasteiger partial charge in [0.05, 0.1) is 6.54 Å². The number of carboxylic acid groups (broad SMARTS) is 1. The Labute approximate surface area is 165 Å². The summed E-state index contributed by atoms with van der Waals surface area (Å²) in [7, 11) is 1.57. The molecule has 3 aromatic rings. The number of furan rings is 1. The molecule has 1 aromatic carbocycles. The molecular weight excluding hydrogens is 380 g/mol. The van der Waals surface area contributed by atoms with Crippen LogP contribution >= 0.6 is 0 Å². The monoisotopic (exact) mass is 398 g/mol. The third kappa shape index (κ3) is 3.54. The molecule has 9 heteroatoms. The molecular formula is C20H18N2O7. The molecule has 0 atom stereocenters. The maximum absolute atomic E-state index is 12.9. The predicted octanol–water partition coefficient (Wildman–Crippen LogP) is 2.98. The van der Waals surface area contributed by atoms with E-state index >= 15 is 0 Å². The predicted molar refractivity (Wildman–Crippen MR) is 99.1 cm³/mol. The molecule has 0 saturated heterocycles. The van der Waals surface area contributed by atoms with E-state index in [9.17, 15) is 9.59 Å². The lowest BCUT2D eigenvalue weighted by atomic mass is 10.1. The van der Waals surface area contributed by atoms with E-state index in [1.165, 1.54) is 17.4 Å². The number of aryl methyl sites for hydroxylation is 1. The van der Waals surface area contributed by atoms with E-state index in [0.29, 0.717) is 41.8 Å². The summed E-state index contributed by atoms with van der Waals surface area (Å²) < 4.78 is 22.0. The fourth-order valence-corrected chi connectivity index (χ4v) is 3.11. The van der Waals surface area contributed by atoms with Gasteiger partial charge in [0, 0.05) is 12.6 Å². The van der Waals surface area contributed by atoms with Crippen LogP contribution in [-0.4, -0.2) is 47.1 Å². The zero-order valence-electron chi connectivity index (χ0n) is 15.8. The molecule has 3 heterocycles. The summed E-state index contributed by atoms with van der Waals surface area (Å²) in [5.41, 5.74) is 0.829. The normalized spacial score (nSPS) is 12.6. The number of carboxylic acids is 1. The van der Waals surface area contributed by atoms with Crippen molar-refractivity contribution >= 4 is 11.9 Å². The fourth-order valence-electron chi connectivity index (χ4n) is 3.11. The minimum Gasteiger partial charge on any atom is -0.486 e. The van der Waals surface area contributed by atoms with Crippen LogP contribution in [0.25, 0.3) is 11.3 Å². The SMILES string of the molecule is Cc1oc(CN(C)C(=O)c2ncoc2-c2ccc3c(c2)OCCO3)cc1C(=O)O. The molecule has 1 amide bonds. The zero-order valence-corrected chi connectivity index (χ0v) is 15.8. The van der Waals surface area contributed by atoms with Gasteiger partial charge in [-0.15, -0.1) is 0 Å². The third-order valence-corrected chi connectivity index (χ3v) is 4.51. The summed E-state index contributed by atoms with van der Waals surface area (Å²) in [4.78, 5) is 29.5. The van der Waals surface area contributed by atoms with E-state index in [1.54, 1.807) is 32.2 Å². The Balaban J connectivity index is 1.56. The first-order valence-corrected chi connectivity index (χ1v) is 8.85. The van der Waals surface area contributed by atoms with Crippen LogP contribution < -0.4 is 9.47 Å². The maximum Gasteiger partial charge on any atom is 0.339 e. The smallest absolute Gasteiger partial charge is 0.339 e. The van der Waals surface area contributed by atoms with Gasteiger partial charge < -0.3 is 28.3 Å². The van der Waals surface area contributed by atoms with Gasteiger partial charge in [-0.2, -0.15) is 0 Å². The molecule has 0 bridgehead atoms. The summed E-state index contributed by atoms with van der Waals surface area (Å²) in [6, 6.07) is 6.66. The van der Waals surface area contributed by atoms with E-state index in [-0.39, 0.29) is 23.6 Å². The number of hydrogen-bond donors (Lipinski definition) is 1. The Morgan fingerprint density at radius 2 is 1.93 bits per heavy atom. The number of amides is 1. The number of hydrogen-bond acceptors (Lipinski definition) is 7. The Morgan fingerprint density at radius 3 is 2.66 bits per heavy atom. The number of rotatable bonds is 5. The molecule has 1 N–H and O–H groups in total. The van der Waals surface area contributed by atoms with E-state index in [2.05, 4.69) is 4.98 Å². The highest BCUT2D eigenvalue weighted by atomic mass is 16.6. The number of nitrogens with zero attached hydrogens (tertiary/aromatic N) is 2. The first-order valence-electron chi connectivity index (χ1n) is 8.85. The molecule has 29 heavy (non-hydrogen) atoms. The molecule has 4 rings (SSSR count). The molecule has 0 aliphatic carbocycles. The molecule has 0 spiro atoms. The molecule has 1 aliphatic rings. The minimum absolute atomic E-state index is 0.0688. The number of carbonyl (C=O) groups is 2. The number of fused-ring (bicyclic) bond motifs is 1. The third-order valence-electron chi connectivity index (χ3n) is 4.51. The Kier molecular flexibility index (Phi) is 4.71. The maximum atomic E-state index is 12.9. The van der Waals surface area contributed by atoms with Crippen molar-refractivity contribution < 1.29 is 33.0 Å². The van der Waals surface area contributed by atoms with Gasteiger partial charge in [0.25, 0.3) is 5.91 Å². The average molecular weight is 398 g/mol. The molecule has 0 fully saturated rings. The van der Waals surface area contributed by atoms with Crippen molar-refractivity contribution in [2.45, 2.75) is 13.5 Å². The Morgan fingerprint density at radius 1 is 1.17 bits per heavy atom. The van der Waals surface area contributed by atoms with Crippen molar-refractivity contribution in [3.8, 4) is 22.8 Å². The molecule has 2 aromatic heterocycles. The van der Waals surface area contributed by atoms with Crippen LogP contribution in [0.3, 0.4) is 0 Å². The molecule has 0 saturated carbocycles. The molecule has 150 valence electrons. The van der Waals surface area contributed by atoms with Gasteiger partial charge in [-0.25, -0.2) is 9.78 Å². The second kappa shape index (κ2) is 7.34. The molecule has 9 nitrogen and oxygen atoms in total. The van der Waals surface area contributed by atoms with Gasteiger partial charge in [0.2, 0.25) is 0 Å². The van der Waals surface area contributed by atoms with Gasteiger partial charge in [0.1, 0.15) is 30.3 Å². The van der Waals surface area contributed by atoms with E-state index in [0.717, 1.165) is 0 Å². The van der Waals surface area contributed by atoms with Gasteiger partial charge in [-0.3, -0.25) is 4.79 Å². The second-order valence-electron chi connectivity index (χ2n) is 6.54. The van der Waals surface area contributed by atoms with E-state index in [1.807, 2.05) is 0 Å². The highest BCUT2D eigenvalue weighted by molar-refractivity contribution is 5.97. The number of carbonyl (C=O) groups excluding carboxylic acids is 1. The molecule has 0 unspecified atom stereocenters. The average Bonchev–Trinajstić information content (AvgIpc) is 3.33. The van der Waals surface area contributed by atoms with Crippen molar-refractivity contribution in [2.75, 3.05) is 20.3 Å². The van der Waals surface area contributed by atoms with Crippen LogP contribution in [0.4, 0.5) is 0 Å². The zero-order chi connectivity index (χ0) is 20.5. The minimum atomic E-state index is -1.08. The lowest BCUT2D eigenvalue weighted by molar-refractivity contribution is 0.0694. The van der Waals surface area contributed by atoms with Crippen molar-refractivity contribution in [2.24, 2.45) is 0 Å². The number of oxazole rings is 1. The molecule has 0 radical (unpaired) electrons. The summed E-state index contributed by atoms with van der Waals surface area (Å²) >= 11 is 0. The summed E-state index contributed by atoms with van der Waals surface area (Å²) in [5, 5.41) is 9.14. The first kappa shape index (κ1) is 18.6.